The van der Waals surface area contributed by atoms with Crippen LogP contribution in [0.25, 0.3) is 10.6 Å². The van der Waals surface area contributed by atoms with Crippen LogP contribution in [0.2, 0.25) is 0 Å². The molecule has 0 bridgehead atoms. The van der Waals surface area contributed by atoms with E-state index >= 15 is 0 Å². The molecule has 1 fully saturated rings. The van der Waals surface area contributed by atoms with Gasteiger partial charge < -0.3 is 10.4 Å². The number of amides is 1. The average Bonchev–Trinajstić information content (AvgIpc) is 3.25. The minimum Gasteiger partial charge on any atom is -0.476 e. The summed E-state index contributed by atoms with van der Waals surface area (Å²) in [4.78, 5) is 27.1. The summed E-state index contributed by atoms with van der Waals surface area (Å²) >= 11 is 1.31. The zero-order valence-corrected chi connectivity index (χ0v) is 14.1. The first-order chi connectivity index (χ1) is 11.6. The van der Waals surface area contributed by atoms with Crippen molar-refractivity contribution in [3.63, 3.8) is 0 Å². The van der Waals surface area contributed by atoms with E-state index in [-0.39, 0.29) is 11.6 Å². The molecule has 1 aliphatic rings. The summed E-state index contributed by atoms with van der Waals surface area (Å²) in [6.07, 6.45) is 5.43. The molecular formula is C18H20N2O3S. The van der Waals surface area contributed by atoms with E-state index in [1.54, 1.807) is 0 Å². The molecule has 1 amide bonds. The highest BCUT2D eigenvalue weighted by atomic mass is 32.1. The van der Waals surface area contributed by atoms with Crippen LogP contribution in [-0.2, 0) is 11.3 Å². The van der Waals surface area contributed by atoms with E-state index in [9.17, 15) is 9.59 Å². The van der Waals surface area contributed by atoms with Crippen molar-refractivity contribution < 1.29 is 14.7 Å². The van der Waals surface area contributed by atoms with Crippen LogP contribution in [0.4, 0.5) is 0 Å². The monoisotopic (exact) mass is 344 g/mol. The van der Waals surface area contributed by atoms with Gasteiger partial charge in [0, 0.05) is 23.9 Å². The van der Waals surface area contributed by atoms with Gasteiger partial charge in [0.1, 0.15) is 5.01 Å². The van der Waals surface area contributed by atoms with Crippen LogP contribution in [0.3, 0.4) is 0 Å². The van der Waals surface area contributed by atoms with Crippen molar-refractivity contribution >= 4 is 23.2 Å². The van der Waals surface area contributed by atoms with Crippen LogP contribution in [0.15, 0.2) is 29.6 Å². The Labute approximate surface area is 144 Å². The molecule has 1 aliphatic carbocycles. The van der Waals surface area contributed by atoms with Gasteiger partial charge in [-0.15, -0.1) is 11.3 Å². The quantitative estimate of drug-likeness (QED) is 0.837. The maximum Gasteiger partial charge on any atom is 0.355 e. The lowest BCUT2D eigenvalue weighted by atomic mass is 10.0. The number of thiazole rings is 1. The van der Waals surface area contributed by atoms with Gasteiger partial charge >= 0.3 is 5.97 Å². The first-order valence-electron chi connectivity index (χ1n) is 8.16. The zero-order valence-electron chi connectivity index (χ0n) is 13.3. The summed E-state index contributed by atoms with van der Waals surface area (Å²) in [7, 11) is 0. The van der Waals surface area contributed by atoms with Crippen LogP contribution in [0.5, 0.6) is 0 Å². The smallest absolute Gasteiger partial charge is 0.355 e. The Balaban J connectivity index is 1.60. The van der Waals surface area contributed by atoms with Gasteiger partial charge in [0.15, 0.2) is 5.69 Å². The minimum absolute atomic E-state index is 0.0604. The van der Waals surface area contributed by atoms with Crippen molar-refractivity contribution in [2.45, 2.75) is 38.6 Å². The molecule has 5 nitrogen and oxygen atoms in total. The molecular weight excluding hydrogens is 324 g/mol. The molecule has 1 aromatic carbocycles. The molecule has 0 unspecified atom stereocenters. The number of aromatic nitrogens is 1. The summed E-state index contributed by atoms with van der Waals surface area (Å²) in [6.45, 7) is 0.483. The molecule has 0 aliphatic heterocycles. The van der Waals surface area contributed by atoms with Gasteiger partial charge in [-0.25, -0.2) is 9.78 Å². The zero-order chi connectivity index (χ0) is 16.9. The number of rotatable bonds is 6. The number of nitrogens with one attached hydrogen (secondary N) is 1. The van der Waals surface area contributed by atoms with Crippen LogP contribution in [0.1, 0.15) is 48.2 Å². The second-order valence-corrected chi connectivity index (χ2v) is 7.03. The van der Waals surface area contributed by atoms with Crippen LogP contribution in [-0.4, -0.2) is 22.0 Å². The van der Waals surface area contributed by atoms with E-state index in [2.05, 4.69) is 10.3 Å². The van der Waals surface area contributed by atoms with E-state index in [0.29, 0.717) is 23.9 Å². The molecule has 0 saturated heterocycles. The number of carboxylic acids is 1. The second kappa shape index (κ2) is 7.57. The molecule has 2 aromatic rings. The van der Waals surface area contributed by atoms with Gasteiger partial charge in [0.2, 0.25) is 5.91 Å². The number of hydrogen-bond acceptors (Lipinski definition) is 4. The third-order valence-corrected chi connectivity index (χ3v) is 5.23. The molecule has 24 heavy (non-hydrogen) atoms. The molecule has 0 radical (unpaired) electrons. The number of hydrogen-bond donors (Lipinski definition) is 2. The number of carbonyl (C=O) groups is 2. The predicted octanol–water partition coefficient (Wildman–Crippen LogP) is 3.70. The number of aromatic carboxylic acids is 1. The van der Waals surface area contributed by atoms with E-state index in [1.165, 1.54) is 42.4 Å². The molecule has 0 atom stereocenters. The summed E-state index contributed by atoms with van der Waals surface area (Å²) in [6, 6.07) is 7.69. The van der Waals surface area contributed by atoms with Crippen molar-refractivity contribution in [3.05, 3.63) is 40.9 Å². The maximum absolute atomic E-state index is 12.0. The summed E-state index contributed by atoms with van der Waals surface area (Å²) in [5, 5.41) is 14.1. The highest BCUT2D eigenvalue weighted by molar-refractivity contribution is 7.13. The van der Waals surface area contributed by atoms with Gasteiger partial charge in [0.05, 0.1) is 0 Å². The Bertz CT molecular complexity index is 735. The van der Waals surface area contributed by atoms with Crippen molar-refractivity contribution in [3.8, 4) is 10.6 Å². The molecule has 1 saturated carbocycles. The number of carboxylic acid groups (broad SMARTS) is 1. The van der Waals surface area contributed by atoms with Crippen LogP contribution >= 0.6 is 11.3 Å². The van der Waals surface area contributed by atoms with E-state index in [1.807, 2.05) is 24.3 Å². The molecule has 2 N–H and O–H groups in total. The maximum atomic E-state index is 12.0. The van der Waals surface area contributed by atoms with E-state index < -0.39 is 5.97 Å². The molecule has 6 heteroatoms. The molecule has 126 valence electrons. The Morgan fingerprint density at radius 1 is 1.29 bits per heavy atom. The van der Waals surface area contributed by atoms with E-state index in [0.717, 1.165) is 11.1 Å². The third kappa shape index (κ3) is 4.20. The standard InChI is InChI=1S/C18H20N2O3S/c21-16(9-12-4-1-2-5-12)19-10-13-6-3-7-14(8-13)17-20-15(11-24-17)18(22)23/h3,6-8,11-12H,1-2,4-5,9-10H2,(H,19,21)(H,22,23). The van der Waals surface area contributed by atoms with Gasteiger partial charge in [-0.3, -0.25) is 4.79 Å². The lowest BCUT2D eigenvalue weighted by molar-refractivity contribution is -0.122. The fourth-order valence-corrected chi connectivity index (χ4v) is 3.86. The Morgan fingerprint density at radius 2 is 2.08 bits per heavy atom. The first-order valence-corrected chi connectivity index (χ1v) is 9.04. The summed E-state index contributed by atoms with van der Waals surface area (Å²) in [5.41, 5.74) is 1.92. The lowest BCUT2D eigenvalue weighted by Crippen LogP contribution is -2.24. The Hall–Kier alpha value is -2.21. The molecule has 0 spiro atoms. The second-order valence-electron chi connectivity index (χ2n) is 6.17. The average molecular weight is 344 g/mol. The predicted molar refractivity (Wildman–Crippen MR) is 92.9 cm³/mol. The highest BCUT2D eigenvalue weighted by Crippen LogP contribution is 2.27. The Morgan fingerprint density at radius 3 is 2.79 bits per heavy atom. The topological polar surface area (TPSA) is 79.3 Å². The summed E-state index contributed by atoms with van der Waals surface area (Å²) in [5.74, 6) is -0.372. The SMILES string of the molecule is O=C(CC1CCCC1)NCc1cccc(-c2nc(C(=O)O)cs2)c1. The molecule has 1 heterocycles. The van der Waals surface area contributed by atoms with Crippen molar-refractivity contribution in [1.82, 2.24) is 10.3 Å². The lowest BCUT2D eigenvalue weighted by Gasteiger charge is -2.10. The molecule has 1 aromatic heterocycles. The largest absolute Gasteiger partial charge is 0.476 e. The van der Waals surface area contributed by atoms with Crippen molar-refractivity contribution in [1.29, 1.82) is 0 Å². The fraction of sp³-hybridized carbons (Fsp3) is 0.389. The number of nitrogens with zero attached hydrogens (tertiary/aromatic N) is 1. The van der Waals surface area contributed by atoms with Crippen molar-refractivity contribution in [2.24, 2.45) is 5.92 Å². The third-order valence-electron chi connectivity index (χ3n) is 4.34. The Kier molecular flexibility index (Phi) is 5.25. The van der Waals surface area contributed by atoms with Gasteiger partial charge in [-0.05, 0) is 30.4 Å². The highest BCUT2D eigenvalue weighted by Gasteiger charge is 2.18. The first kappa shape index (κ1) is 16.6. The number of carbonyl (C=O) groups excluding carboxylic acids is 1. The minimum atomic E-state index is -1.02. The normalized spacial score (nSPS) is 14.7. The van der Waals surface area contributed by atoms with E-state index in [4.69, 9.17) is 5.11 Å². The fourth-order valence-electron chi connectivity index (χ4n) is 3.07. The summed E-state index contributed by atoms with van der Waals surface area (Å²) < 4.78 is 0. The molecule has 3 rings (SSSR count). The van der Waals surface area contributed by atoms with Gasteiger partial charge in [-0.2, -0.15) is 0 Å². The van der Waals surface area contributed by atoms with Gasteiger partial charge in [0.25, 0.3) is 0 Å². The van der Waals surface area contributed by atoms with Crippen molar-refractivity contribution in [2.75, 3.05) is 0 Å². The van der Waals surface area contributed by atoms with Gasteiger partial charge in [-0.1, -0.05) is 31.0 Å². The van der Waals surface area contributed by atoms with Crippen LogP contribution < -0.4 is 5.32 Å². The van der Waals surface area contributed by atoms with Crippen LogP contribution in [0, 0.1) is 5.92 Å². The number of benzene rings is 1.